The number of thioether (sulfide) groups is 1. The van der Waals surface area contributed by atoms with Crippen LogP contribution in [0.2, 0.25) is 0 Å². The molecule has 0 aliphatic carbocycles. The minimum atomic E-state index is -0.120. The number of carbonyl (C=O) groups is 1. The first-order valence-corrected chi connectivity index (χ1v) is 8.07. The molecule has 2 aromatic carbocycles. The van der Waals surface area contributed by atoms with Gasteiger partial charge in [0.05, 0.1) is 17.7 Å². The molecule has 120 valence electrons. The third-order valence-corrected chi connectivity index (χ3v) is 4.47. The van der Waals surface area contributed by atoms with Gasteiger partial charge in [0.1, 0.15) is 6.61 Å². The van der Waals surface area contributed by atoms with Crippen molar-refractivity contribution >= 4 is 29.4 Å². The van der Waals surface area contributed by atoms with Gasteiger partial charge in [-0.25, -0.2) is 0 Å². The number of para-hydroxylation sites is 1. The number of terminal acetylenes is 1. The van der Waals surface area contributed by atoms with Crippen LogP contribution in [0.25, 0.3) is 6.08 Å². The second kappa shape index (κ2) is 7.16. The second-order valence-electron chi connectivity index (χ2n) is 4.96. The lowest BCUT2D eigenvalue weighted by atomic mass is 10.2. The van der Waals surface area contributed by atoms with E-state index in [9.17, 15) is 4.79 Å². The Morgan fingerprint density at radius 2 is 2.08 bits per heavy atom. The number of hydrogen-bond acceptors (Lipinski definition) is 4. The lowest BCUT2D eigenvalue weighted by Crippen LogP contribution is -2.17. The van der Waals surface area contributed by atoms with Gasteiger partial charge in [0.25, 0.3) is 5.91 Å². The lowest BCUT2D eigenvalue weighted by molar-refractivity contribution is -0.112. The molecule has 1 aliphatic heterocycles. The lowest BCUT2D eigenvalue weighted by Gasteiger charge is -2.18. The Labute approximate surface area is 144 Å². The van der Waals surface area contributed by atoms with E-state index < -0.39 is 0 Å². The average Bonchev–Trinajstić information content (AvgIpc) is 2.61. The van der Waals surface area contributed by atoms with Crippen LogP contribution in [0.5, 0.6) is 11.5 Å². The maximum absolute atomic E-state index is 12.2. The van der Waals surface area contributed by atoms with Crippen LogP contribution >= 0.6 is 11.8 Å². The van der Waals surface area contributed by atoms with Crippen molar-refractivity contribution in [3.8, 4) is 23.8 Å². The van der Waals surface area contributed by atoms with Gasteiger partial charge in [-0.1, -0.05) is 35.9 Å². The molecule has 2 aromatic rings. The number of anilines is 1. The quantitative estimate of drug-likeness (QED) is 0.681. The summed E-state index contributed by atoms with van der Waals surface area (Å²) in [5, 5.41) is 2.89. The smallest absolute Gasteiger partial charge is 0.262 e. The van der Waals surface area contributed by atoms with Crippen LogP contribution in [0.4, 0.5) is 5.69 Å². The Morgan fingerprint density at radius 1 is 1.25 bits per heavy atom. The molecule has 1 N–H and O–H groups in total. The molecule has 1 aliphatic rings. The summed E-state index contributed by atoms with van der Waals surface area (Å²) in [5.74, 6) is 3.44. The second-order valence-corrected chi connectivity index (χ2v) is 6.05. The maximum atomic E-state index is 12.2. The fraction of sp³-hybridized carbons (Fsp3) is 0.105. The van der Waals surface area contributed by atoms with Gasteiger partial charge in [-0.2, -0.15) is 0 Å². The van der Waals surface area contributed by atoms with Gasteiger partial charge in [0, 0.05) is 4.90 Å². The van der Waals surface area contributed by atoms with Crippen LogP contribution in [-0.4, -0.2) is 19.6 Å². The minimum absolute atomic E-state index is 0.120. The van der Waals surface area contributed by atoms with E-state index in [1.165, 1.54) is 11.8 Å². The van der Waals surface area contributed by atoms with Crippen LogP contribution in [-0.2, 0) is 4.79 Å². The fourth-order valence-electron chi connectivity index (χ4n) is 2.27. The summed E-state index contributed by atoms with van der Waals surface area (Å²) >= 11 is 1.44. The molecule has 0 spiro atoms. The van der Waals surface area contributed by atoms with E-state index in [2.05, 4.69) is 11.2 Å². The average molecular weight is 337 g/mol. The molecular formula is C19H15NO3S. The Morgan fingerprint density at radius 3 is 2.88 bits per heavy atom. The molecular weight excluding hydrogens is 322 g/mol. The monoisotopic (exact) mass is 337 g/mol. The van der Waals surface area contributed by atoms with E-state index in [0.29, 0.717) is 16.4 Å². The zero-order valence-corrected chi connectivity index (χ0v) is 13.9. The molecule has 0 radical (unpaired) electrons. The standard InChI is InChI=1S/C19H15NO3S/c1-3-10-23-15-9-8-13(11-16(15)22-2)12-18-19(21)20-14-6-4-5-7-17(14)24-18/h1,4-9,11-12H,10H2,2H3,(H,20,21)/b18-12-. The van der Waals surface area contributed by atoms with Gasteiger partial charge < -0.3 is 14.8 Å². The van der Waals surface area contributed by atoms with Crippen LogP contribution in [0.3, 0.4) is 0 Å². The summed E-state index contributed by atoms with van der Waals surface area (Å²) in [6, 6.07) is 13.2. The Balaban J connectivity index is 1.89. The van der Waals surface area contributed by atoms with Gasteiger partial charge in [-0.15, -0.1) is 6.42 Å². The molecule has 0 saturated carbocycles. The SMILES string of the molecule is C#CCOc1ccc(/C=C2\Sc3ccccc3NC2=O)cc1OC. The van der Waals surface area contributed by atoms with Crippen molar-refractivity contribution < 1.29 is 14.3 Å². The van der Waals surface area contributed by atoms with Crippen LogP contribution in [0.1, 0.15) is 5.56 Å². The third-order valence-electron chi connectivity index (χ3n) is 3.38. The summed E-state index contributed by atoms with van der Waals surface area (Å²) in [6.45, 7) is 0.172. The molecule has 0 fully saturated rings. The number of hydrogen-bond donors (Lipinski definition) is 1. The summed E-state index contributed by atoms with van der Waals surface area (Å²) < 4.78 is 10.7. The molecule has 0 saturated heterocycles. The van der Waals surface area contributed by atoms with Crippen molar-refractivity contribution in [3.63, 3.8) is 0 Å². The third kappa shape index (κ3) is 3.39. The van der Waals surface area contributed by atoms with Crippen molar-refractivity contribution in [1.29, 1.82) is 0 Å². The predicted octanol–water partition coefficient (Wildman–Crippen LogP) is 3.79. The number of methoxy groups -OCH3 is 1. The topological polar surface area (TPSA) is 47.6 Å². The van der Waals surface area contributed by atoms with E-state index in [1.54, 1.807) is 13.2 Å². The molecule has 1 heterocycles. The van der Waals surface area contributed by atoms with Gasteiger partial charge in [-0.05, 0) is 35.9 Å². The van der Waals surface area contributed by atoms with Crippen molar-refractivity contribution in [2.24, 2.45) is 0 Å². The first kappa shape index (κ1) is 16.0. The molecule has 0 aromatic heterocycles. The van der Waals surface area contributed by atoms with Crippen molar-refractivity contribution in [2.45, 2.75) is 4.90 Å². The normalized spacial score (nSPS) is 14.5. The highest BCUT2D eigenvalue weighted by atomic mass is 32.2. The highest BCUT2D eigenvalue weighted by Crippen LogP contribution is 2.39. The van der Waals surface area contributed by atoms with Crippen LogP contribution in [0, 0.1) is 12.3 Å². The van der Waals surface area contributed by atoms with E-state index >= 15 is 0 Å². The van der Waals surface area contributed by atoms with Crippen LogP contribution < -0.4 is 14.8 Å². The predicted molar refractivity (Wildman–Crippen MR) is 96.2 cm³/mol. The van der Waals surface area contributed by atoms with Crippen LogP contribution in [0.15, 0.2) is 52.3 Å². The highest BCUT2D eigenvalue weighted by Gasteiger charge is 2.20. The number of fused-ring (bicyclic) bond motifs is 1. The van der Waals surface area contributed by atoms with Gasteiger partial charge in [-0.3, -0.25) is 4.79 Å². The first-order valence-electron chi connectivity index (χ1n) is 7.25. The Hall–Kier alpha value is -2.84. The minimum Gasteiger partial charge on any atom is -0.493 e. The van der Waals surface area contributed by atoms with Crippen molar-refractivity contribution in [2.75, 3.05) is 19.0 Å². The molecule has 24 heavy (non-hydrogen) atoms. The number of nitrogens with one attached hydrogen (secondary N) is 1. The fourth-order valence-corrected chi connectivity index (χ4v) is 3.22. The van der Waals surface area contributed by atoms with E-state index in [4.69, 9.17) is 15.9 Å². The number of rotatable bonds is 4. The summed E-state index contributed by atoms with van der Waals surface area (Å²) in [7, 11) is 1.56. The number of carbonyl (C=O) groups excluding carboxylic acids is 1. The number of benzene rings is 2. The van der Waals surface area contributed by atoms with Crippen molar-refractivity contribution in [3.05, 3.63) is 52.9 Å². The van der Waals surface area contributed by atoms with Gasteiger partial charge in [0.15, 0.2) is 11.5 Å². The molecule has 1 amide bonds. The molecule has 4 nitrogen and oxygen atoms in total. The zero-order chi connectivity index (χ0) is 16.9. The van der Waals surface area contributed by atoms with Gasteiger partial charge >= 0.3 is 0 Å². The largest absolute Gasteiger partial charge is 0.493 e. The molecule has 5 heteroatoms. The highest BCUT2D eigenvalue weighted by molar-refractivity contribution is 8.04. The molecule has 0 atom stereocenters. The molecule has 0 unspecified atom stereocenters. The zero-order valence-electron chi connectivity index (χ0n) is 13.0. The maximum Gasteiger partial charge on any atom is 0.262 e. The van der Waals surface area contributed by atoms with E-state index in [1.807, 2.05) is 42.5 Å². The summed E-state index contributed by atoms with van der Waals surface area (Å²) in [6.07, 6.45) is 7.03. The number of amides is 1. The summed E-state index contributed by atoms with van der Waals surface area (Å²) in [5.41, 5.74) is 1.68. The van der Waals surface area contributed by atoms with Crippen molar-refractivity contribution in [1.82, 2.24) is 0 Å². The van der Waals surface area contributed by atoms with Gasteiger partial charge in [0.2, 0.25) is 0 Å². The van der Waals surface area contributed by atoms with E-state index in [-0.39, 0.29) is 12.5 Å². The molecule has 3 rings (SSSR count). The number of ether oxygens (including phenoxy) is 2. The first-order chi connectivity index (χ1) is 11.7. The molecule has 0 bridgehead atoms. The summed E-state index contributed by atoms with van der Waals surface area (Å²) in [4.78, 5) is 13.9. The van der Waals surface area contributed by atoms with E-state index in [0.717, 1.165) is 16.1 Å². The Kier molecular flexibility index (Phi) is 4.78. The Bertz CT molecular complexity index is 852.